The minimum atomic E-state index is -5.20. The smallest absolute Gasteiger partial charge is 0.396 e. The minimum Gasteiger partial charge on any atom is -0.396 e. The lowest BCUT2D eigenvalue weighted by Gasteiger charge is -2.25. The van der Waals surface area contributed by atoms with E-state index in [9.17, 15) is 31.5 Å². The van der Waals surface area contributed by atoms with Gasteiger partial charge in [-0.2, -0.15) is 13.2 Å². The predicted octanol–water partition coefficient (Wildman–Crippen LogP) is 1.75. The molecule has 0 unspecified atom stereocenters. The topological polar surface area (TPSA) is 104 Å². The van der Waals surface area contributed by atoms with E-state index in [2.05, 4.69) is 0 Å². The molecule has 0 fully saturated rings. The quantitative estimate of drug-likeness (QED) is 0.687. The van der Waals surface area contributed by atoms with E-state index in [1.807, 2.05) is 0 Å². The molecule has 1 aromatic rings. The fourth-order valence-electron chi connectivity index (χ4n) is 1.54. The van der Waals surface area contributed by atoms with E-state index in [0.717, 1.165) is 18.2 Å². The second kappa shape index (κ2) is 7.26. The van der Waals surface area contributed by atoms with Crippen molar-refractivity contribution in [3.05, 3.63) is 23.2 Å². The first-order chi connectivity index (χ1) is 10.8. The molecule has 0 aromatic heterocycles. The van der Waals surface area contributed by atoms with Crippen LogP contribution in [0, 0.1) is 0 Å². The number of aliphatic hydroxyl groups is 2. The van der Waals surface area contributed by atoms with E-state index >= 15 is 0 Å². The number of hydrogen-bond acceptors (Lipinski definition) is 5. The Bertz CT molecular complexity index is 719. The summed E-state index contributed by atoms with van der Waals surface area (Å²) in [7, 11) is -3.73. The van der Waals surface area contributed by atoms with E-state index in [0.29, 0.717) is 0 Å². The molecule has 3 N–H and O–H groups in total. The number of hydrogen-bond donors (Lipinski definition) is 3. The molecule has 0 aliphatic heterocycles. The molecule has 0 radical (unpaired) electrons. The Morgan fingerprint density at radius 2 is 1.92 bits per heavy atom. The third-order valence-corrected chi connectivity index (χ3v) is 5.22. The Balaban J connectivity index is 3.04. The summed E-state index contributed by atoms with van der Waals surface area (Å²) in [6, 6.07) is 3.03. The number of benzene rings is 1. The number of anilines is 1. The second-order valence-electron chi connectivity index (χ2n) is 5.06. The van der Waals surface area contributed by atoms with Crippen LogP contribution in [0.2, 0.25) is 5.02 Å². The van der Waals surface area contributed by atoms with E-state index in [1.54, 1.807) is 5.32 Å². The third-order valence-electron chi connectivity index (χ3n) is 3.11. The molecular weight excluding hydrogens is 375 g/mol. The van der Waals surface area contributed by atoms with Crippen molar-refractivity contribution in [1.82, 2.24) is 0 Å². The SMILES string of the molecule is C[C@@](O)(C(=O)Nc1ccc(S(=O)(=O)CCCO)cc1Cl)C(F)(F)F. The fraction of sp³-hybridized carbons (Fsp3) is 0.462. The predicted molar refractivity (Wildman–Crippen MR) is 80.5 cm³/mol. The maximum atomic E-state index is 12.6. The maximum Gasteiger partial charge on any atom is 0.426 e. The molecule has 1 aromatic carbocycles. The van der Waals surface area contributed by atoms with Gasteiger partial charge >= 0.3 is 6.18 Å². The van der Waals surface area contributed by atoms with Crippen molar-refractivity contribution in [1.29, 1.82) is 0 Å². The molecular formula is C13H15ClF3NO5S. The number of carbonyl (C=O) groups is 1. The third kappa shape index (κ3) is 4.59. The van der Waals surface area contributed by atoms with E-state index in [4.69, 9.17) is 16.7 Å². The lowest BCUT2D eigenvalue weighted by molar-refractivity contribution is -0.242. The van der Waals surface area contributed by atoms with Crippen molar-refractivity contribution in [2.45, 2.75) is 30.0 Å². The molecule has 11 heteroatoms. The molecule has 1 rings (SSSR count). The Morgan fingerprint density at radius 1 is 1.33 bits per heavy atom. The summed E-state index contributed by atoms with van der Waals surface area (Å²) in [4.78, 5) is 11.4. The summed E-state index contributed by atoms with van der Waals surface area (Å²) in [5.74, 6) is -2.10. The molecule has 0 bridgehead atoms. The molecule has 1 amide bonds. The number of nitrogens with one attached hydrogen (secondary N) is 1. The average molecular weight is 390 g/mol. The average Bonchev–Trinajstić information content (AvgIpc) is 2.45. The number of alkyl halides is 3. The second-order valence-corrected chi connectivity index (χ2v) is 7.58. The summed E-state index contributed by atoms with van der Waals surface area (Å²) < 4.78 is 61.6. The zero-order valence-electron chi connectivity index (χ0n) is 12.4. The van der Waals surface area contributed by atoms with Crippen LogP contribution in [0.1, 0.15) is 13.3 Å². The normalized spacial score (nSPS) is 15.0. The lowest BCUT2D eigenvalue weighted by Crippen LogP contribution is -2.52. The van der Waals surface area contributed by atoms with Gasteiger partial charge in [0.25, 0.3) is 5.91 Å². The molecule has 0 heterocycles. The molecule has 0 aliphatic rings. The number of rotatable bonds is 6. The van der Waals surface area contributed by atoms with Crippen LogP contribution in [0.3, 0.4) is 0 Å². The van der Waals surface area contributed by atoms with Gasteiger partial charge in [-0.1, -0.05) is 11.6 Å². The summed E-state index contributed by atoms with van der Waals surface area (Å²) in [6.45, 7) is -0.0441. The van der Waals surface area contributed by atoms with E-state index < -0.39 is 27.5 Å². The number of carbonyl (C=O) groups excluding carboxylic acids is 1. The van der Waals surface area contributed by atoms with Crippen LogP contribution in [-0.2, 0) is 14.6 Å². The first kappa shape index (κ1) is 20.7. The van der Waals surface area contributed by atoms with Crippen molar-refractivity contribution in [2.75, 3.05) is 17.7 Å². The van der Waals surface area contributed by atoms with E-state index in [1.165, 1.54) is 0 Å². The molecule has 0 aliphatic carbocycles. The van der Waals surface area contributed by atoms with Crippen LogP contribution < -0.4 is 5.32 Å². The number of amides is 1. The first-order valence-electron chi connectivity index (χ1n) is 6.56. The Kier molecular flexibility index (Phi) is 6.26. The molecule has 0 saturated carbocycles. The highest BCUT2D eigenvalue weighted by Crippen LogP contribution is 2.32. The summed E-state index contributed by atoms with van der Waals surface area (Å²) >= 11 is 5.79. The largest absolute Gasteiger partial charge is 0.426 e. The van der Waals surface area contributed by atoms with Crippen molar-refractivity contribution < 1.29 is 36.6 Å². The first-order valence-corrected chi connectivity index (χ1v) is 8.59. The van der Waals surface area contributed by atoms with Gasteiger partial charge in [0, 0.05) is 6.61 Å². The van der Waals surface area contributed by atoms with Crippen molar-refractivity contribution in [3.63, 3.8) is 0 Å². The van der Waals surface area contributed by atoms with Crippen LogP contribution in [-0.4, -0.2) is 48.7 Å². The Labute approximate surface area is 141 Å². The van der Waals surface area contributed by atoms with Gasteiger partial charge in [-0.05, 0) is 31.5 Å². The number of halogens is 4. The number of aliphatic hydroxyl groups excluding tert-OH is 1. The summed E-state index contributed by atoms with van der Waals surface area (Å²) in [5.41, 5.74) is -3.92. The molecule has 136 valence electrons. The molecule has 24 heavy (non-hydrogen) atoms. The maximum absolute atomic E-state index is 12.6. The summed E-state index contributed by atoms with van der Waals surface area (Å²) in [6.07, 6.45) is -5.19. The van der Waals surface area contributed by atoms with Gasteiger partial charge < -0.3 is 15.5 Å². The highest BCUT2D eigenvalue weighted by molar-refractivity contribution is 7.91. The van der Waals surface area contributed by atoms with Gasteiger partial charge in [0.2, 0.25) is 5.60 Å². The number of sulfone groups is 1. The van der Waals surface area contributed by atoms with Gasteiger partial charge in [-0.15, -0.1) is 0 Å². The minimum absolute atomic E-state index is 0.00683. The van der Waals surface area contributed by atoms with Gasteiger partial charge in [0.1, 0.15) is 0 Å². The van der Waals surface area contributed by atoms with Gasteiger partial charge in [0.15, 0.2) is 9.84 Å². The zero-order valence-corrected chi connectivity index (χ0v) is 14.0. The van der Waals surface area contributed by atoms with Gasteiger partial charge in [0.05, 0.1) is 21.4 Å². The fourth-order valence-corrected chi connectivity index (χ4v) is 3.15. The van der Waals surface area contributed by atoms with E-state index in [-0.39, 0.29) is 41.3 Å². The highest BCUT2D eigenvalue weighted by Gasteiger charge is 2.55. The van der Waals surface area contributed by atoms with Crippen molar-refractivity contribution >= 4 is 33.0 Å². The van der Waals surface area contributed by atoms with Gasteiger partial charge in [-0.25, -0.2) is 8.42 Å². The Morgan fingerprint density at radius 3 is 2.38 bits per heavy atom. The van der Waals surface area contributed by atoms with Crippen LogP contribution in [0.25, 0.3) is 0 Å². The van der Waals surface area contributed by atoms with Crippen LogP contribution >= 0.6 is 11.6 Å². The standard InChI is InChI=1S/C13H15ClF3NO5S/c1-12(21,13(15,16)17)11(20)18-10-4-3-8(7-9(10)14)24(22,23)6-2-5-19/h3-4,7,19,21H,2,5-6H2,1H3,(H,18,20)/t12-/m1/s1. The highest BCUT2D eigenvalue weighted by atomic mass is 35.5. The summed E-state index contributed by atoms with van der Waals surface area (Å²) in [5, 5.41) is 19.4. The Hall–Kier alpha value is -1.36. The lowest BCUT2D eigenvalue weighted by atomic mass is 10.1. The molecule has 6 nitrogen and oxygen atoms in total. The molecule has 1 atom stereocenters. The van der Waals surface area contributed by atoms with Crippen molar-refractivity contribution in [3.8, 4) is 0 Å². The van der Waals surface area contributed by atoms with Crippen molar-refractivity contribution in [2.24, 2.45) is 0 Å². The van der Waals surface area contributed by atoms with Crippen LogP contribution in [0.15, 0.2) is 23.1 Å². The molecule has 0 saturated heterocycles. The molecule has 0 spiro atoms. The zero-order chi connectivity index (χ0) is 18.8. The monoisotopic (exact) mass is 389 g/mol. The van der Waals surface area contributed by atoms with Crippen LogP contribution in [0.4, 0.5) is 18.9 Å². The van der Waals surface area contributed by atoms with Crippen LogP contribution in [0.5, 0.6) is 0 Å². The van der Waals surface area contributed by atoms with Gasteiger partial charge in [-0.3, -0.25) is 4.79 Å².